The Labute approximate surface area is 141 Å². The number of phenols is 1. The summed E-state index contributed by atoms with van der Waals surface area (Å²) in [4.78, 5) is 33.7. The zero-order chi connectivity index (χ0) is 18.4. The Balaban J connectivity index is 1.93. The third-order valence-electron chi connectivity index (χ3n) is 3.14. The molecule has 2 aromatic carbocycles. The normalized spacial score (nSPS) is 9.96. The van der Waals surface area contributed by atoms with E-state index in [2.05, 4.69) is 5.32 Å². The molecule has 0 aromatic heterocycles. The van der Waals surface area contributed by atoms with E-state index in [0.29, 0.717) is 5.69 Å². The van der Waals surface area contributed by atoms with Crippen molar-refractivity contribution in [2.75, 3.05) is 19.0 Å². The van der Waals surface area contributed by atoms with Crippen LogP contribution in [0.3, 0.4) is 0 Å². The van der Waals surface area contributed by atoms with Gasteiger partial charge in [-0.1, -0.05) is 6.07 Å². The molecule has 0 unspecified atom stereocenters. The first kappa shape index (κ1) is 17.7. The number of methoxy groups -OCH3 is 1. The molecule has 0 aliphatic carbocycles. The van der Waals surface area contributed by atoms with Crippen LogP contribution in [0, 0.1) is 10.1 Å². The van der Waals surface area contributed by atoms with Crippen LogP contribution in [-0.2, 0) is 9.53 Å². The second-order valence-corrected chi connectivity index (χ2v) is 4.78. The van der Waals surface area contributed by atoms with Gasteiger partial charge in [-0.2, -0.15) is 0 Å². The van der Waals surface area contributed by atoms with Crippen LogP contribution >= 0.6 is 0 Å². The lowest BCUT2D eigenvalue weighted by Crippen LogP contribution is -2.21. The Kier molecular flexibility index (Phi) is 5.51. The van der Waals surface area contributed by atoms with Gasteiger partial charge in [0.05, 0.1) is 12.0 Å². The van der Waals surface area contributed by atoms with Gasteiger partial charge >= 0.3 is 5.97 Å². The van der Waals surface area contributed by atoms with Crippen LogP contribution in [0.25, 0.3) is 0 Å². The summed E-state index contributed by atoms with van der Waals surface area (Å²) in [5.41, 5.74) is 0.0660. The molecule has 0 heterocycles. The van der Waals surface area contributed by atoms with Crippen molar-refractivity contribution in [2.45, 2.75) is 0 Å². The number of nitro groups is 1. The van der Waals surface area contributed by atoms with Gasteiger partial charge in [0.2, 0.25) is 0 Å². The maximum absolute atomic E-state index is 11.9. The number of rotatable bonds is 6. The van der Waals surface area contributed by atoms with Gasteiger partial charge in [-0.15, -0.1) is 0 Å². The van der Waals surface area contributed by atoms with E-state index in [1.54, 1.807) is 0 Å². The number of non-ortho nitro benzene ring substituents is 1. The number of anilines is 1. The van der Waals surface area contributed by atoms with Crippen LogP contribution in [0.2, 0.25) is 0 Å². The van der Waals surface area contributed by atoms with Gasteiger partial charge in [0.1, 0.15) is 5.56 Å². The van der Waals surface area contributed by atoms with Crippen molar-refractivity contribution in [1.82, 2.24) is 0 Å². The first-order valence-electron chi connectivity index (χ1n) is 6.99. The van der Waals surface area contributed by atoms with Gasteiger partial charge in [0.25, 0.3) is 11.6 Å². The van der Waals surface area contributed by atoms with Gasteiger partial charge in [0, 0.05) is 17.8 Å². The van der Waals surface area contributed by atoms with Crippen molar-refractivity contribution >= 4 is 23.3 Å². The first-order chi connectivity index (χ1) is 11.9. The van der Waals surface area contributed by atoms with Crippen molar-refractivity contribution in [2.24, 2.45) is 0 Å². The number of amides is 1. The van der Waals surface area contributed by atoms with Crippen molar-refractivity contribution in [3.05, 3.63) is 58.1 Å². The summed E-state index contributed by atoms with van der Waals surface area (Å²) < 4.78 is 9.71. The predicted molar refractivity (Wildman–Crippen MR) is 86.7 cm³/mol. The molecule has 130 valence electrons. The number of carbonyl (C=O) groups excluding carboxylic acids is 2. The molecular weight excluding hydrogens is 332 g/mol. The SMILES string of the molecule is COc1cccc(C(=O)OCC(=O)Nc2ccc([N+](=O)[O-])cc2)c1O. The van der Waals surface area contributed by atoms with Crippen LogP contribution in [0.15, 0.2) is 42.5 Å². The number of benzene rings is 2. The summed E-state index contributed by atoms with van der Waals surface area (Å²) in [6.07, 6.45) is 0. The molecule has 25 heavy (non-hydrogen) atoms. The monoisotopic (exact) mass is 346 g/mol. The molecule has 0 saturated carbocycles. The number of ether oxygens (including phenoxy) is 2. The van der Waals surface area contributed by atoms with Gasteiger partial charge < -0.3 is 19.9 Å². The highest BCUT2D eigenvalue weighted by Gasteiger charge is 2.17. The fraction of sp³-hybridized carbons (Fsp3) is 0.125. The first-order valence-corrected chi connectivity index (χ1v) is 6.99. The maximum Gasteiger partial charge on any atom is 0.342 e. The summed E-state index contributed by atoms with van der Waals surface area (Å²) in [5, 5.41) is 22.8. The molecule has 0 spiro atoms. The Bertz CT molecular complexity index is 803. The average molecular weight is 346 g/mol. The fourth-order valence-electron chi connectivity index (χ4n) is 1.92. The van der Waals surface area contributed by atoms with Gasteiger partial charge in [0.15, 0.2) is 18.1 Å². The summed E-state index contributed by atoms with van der Waals surface area (Å²) >= 11 is 0. The lowest BCUT2D eigenvalue weighted by Gasteiger charge is -2.09. The second kappa shape index (κ2) is 7.77. The summed E-state index contributed by atoms with van der Waals surface area (Å²) in [6, 6.07) is 9.46. The number of hydrogen-bond acceptors (Lipinski definition) is 7. The van der Waals surface area contributed by atoms with E-state index in [1.165, 1.54) is 49.6 Å². The summed E-state index contributed by atoms with van der Waals surface area (Å²) in [7, 11) is 1.34. The Morgan fingerprint density at radius 2 is 1.88 bits per heavy atom. The second-order valence-electron chi connectivity index (χ2n) is 4.78. The molecule has 2 N–H and O–H groups in total. The number of nitrogens with one attached hydrogen (secondary N) is 1. The smallest absolute Gasteiger partial charge is 0.342 e. The van der Waals surface area contributed by atoms with E-state index < -0.39 is 23.4 Å². The quantitative estimate of drug-likeness (QED) is 0.465. The van der Waals surface area contributed by atoms with Gasteiger partial charge in [-0.05, 0) is 24.3 Å². The lowest BCUT2D eigenvalue weighted by atomic mass is 10.2. The molecule has 0 aliphatic heterocycles. The fourth-order valence-corrected chi connectivity index (χ4v) is 1.92. The molecule has 2 rings (SSSR count). The largest absolute Gasteiger partial charge is 0.504 e. The molecule has 1 amide bonds. The van der Waals surface area contributed by atoms with Crippen molar-refractivity contribution in [3.63, 3.8) is 0 Å². The number of esters is 1. The van der Waals surface area contributed by atoms with E-state index in [1.807, 2.05) is 0 Å². The van der Waals surface area contributed by atoms with Crippen LogP contribution in [0.5, 0.6) is 11.5 Å². The van der Waals surface area contributed by atoms with E-state index in [9.17, 15) is 24.8 Å². The Morgan fingerprint density at radius 3 is 2.48 bits per heavy atom. The van der Waals surface area contributed by atoms with E-state index >= 15 is 0 Å². The number of hydrogen-bond donors (Lipinski definition) is 2. The predicted octanol–water partition coefficient (Wildman–Crippen LogP) is 2.10. The van der Waals surface area contributed by atoms with Crippen molar-refractivity contribution in [3.8, 4) is 11.5 Å². The molecule has 2 aromatic rings. The molecule has 0 radical (unpaired) electrons. The van der Waals surface area contributed by atoms with Crippen LogP contribution < -0.4 is 10.1 Å². The van der Waals surface area contributed by atoms with E-state index in [0.717, 1.165) is 0 Å². The molecule has 0 fully saturated rings. The minimum atomic E-state index is -0.893. The molecule has 9 heteroatoms. The standard InChI is InChI=1S/C16H14N2O7/c1-24-13-4-2-3-12(15(13)20)16(21)25-9-14(19)17-10-5-7-11(8-6-10)18(22)23/h2-8,20H,9H2,1H3,(H,17,19). The third kappa shape index (κ3) is 4.44. The molecular formula is C16H14N2O7. The highest BCUT2D eigenvalue weighted by atomic mass is 16.6. The zero-order valence-electron chi connectivity index (χ0n) is 13.1. The molecule has 0 saturated heterocycles. The van der Waals surface area contributed by atoms with Crippen LogP contribution in [0.4, 0.5) is 11.4 Å². The molecule has 9 nitrogen and oxygen atoms in total. The Hall–Kier alpha value is -3.62. The number of aromatic hydroxyl groups is 1. The topological polar surface area (TPSA) is 128 Å². The minimum absolute atomic E-state index is 0.102. The molecule has 0 bridgehead atoms. The highest BCUT2D eigenvalue weighted by molar-refractivity contribution is 5.97. The summed E-state index contributed by atoms with van der Waals surface area (Å²) in [5.74, 6) is -1.81. The van der Waals surface area contributed by atoms with E-state index in [-0.39, 0.29) is 22.7 Å². The van der Waals surface area contributed by atoms with Gasteiger partial charge in [-0.3, -0.25) is 14.9 Å². The number of carbonyl (C=O) groups is 2. The molecule has 0 atom stereocenters. The third-order valence-corrected chi connectivity index (χ3v) is 3.14. The van der Waals surface area contributed by atoms with Gasteiger partial charge in [-0.25, -0.2) is 4.79 Å². The van der Waals surface area contributed by atoms with Crippen LogP contribution in [-0.4, -0.2) is 35.6 Å². The number of nitro benzene ring substituents is 1. The summed E-state index contributed by atoms with van der Waals surface area (Å²) in [6.45, 7) is -0.591. The maximum atomic E-state index is 11.9. The highest BCUT2D eigenvalue weighted by Crippen LogP contribution is 2.29. The average Bonchev–Trinajstić information content (AvgIpc) is 2.60. The van der Waals surface area contributed by atoms with Crippen molar-refractivity contribution < 1.29 is 29.1 Å². The van der Waals surface area contributed by atoms with Crippen molar-refractivity contribution in [1.29, 1.82) is 0 Å². The number of nitrogens with zero attached hydrogens (tertiary/aromatic N) is 1. The minimum Gasteiger partial charge on any atom is -0.504 e. The van der Waals surface area contributed by atoms with Crippen LogP contribution in [0.1, 0.15) is 10.4 Å². The Morgan fingerprint density at radius 1 is 1.20 bits per heavy atom. The number of para-hydroxylation sites is 1. The van der Waals surface area contributed by atoms with E-state index in [4.69, 9.17) is 9.47 Å². The number of phenolic OH excluding ortho intramolecular Hbond substituents is 1. The lowest BCUT2D eigenvalue weighted by molar-refractivity contribution is -0.384. The zero-order valence-corrected chi connectivity index (χ0v) is 13.1. The molecule has 0 aliphatic rings.